The maximum atomic E-state index is 13.3. The fourth-order valence-corrected chi connectivity index (χ4v) is 2.50. The van der Waals surface area contributed by atoms with Crippen LogP contribution in [0.25, 0.3) is 22.5 Å². The zero-order valence-electron chi connectivity index (χ0n) is 14.9. The third-order valence-corrected chi connectivity index (χ3v) is 3.73. The summed E-state index contributed by atoms with van der Waals surface area (Å²) >= 11 is 0. The maximum Gasteiger partial charge on any atom is 0.223 e. The molecule has 0 saturated carbocycles. The first-order valence-electron chi connectivity index (χ1n) is 8.39. The van der Waals surface area contributed by atoms with Gasteiger partial charge in [-0.05, 0) is 58.0 Å². The van der Waals surface area contributed by atoms with Crippen molar-refractivity contribution < 1.29 is 4.39 Å². The van der Waals surface area contributed by atoms with Crippen LogP contribution in [0.5, 0.6) is 0 Å². The molecule has 0 aliphatic heterocycles. The van der Waals surface area contributed by atoms with Crippen LogP contribution in [-0.4, -0.2) is 25.8 Å². The first-order valence-corrected chi connectivity index (χ1v) is 8.39. The zero-order chi connectivity index (χ0) is 18.0. The summed E-state index contributed by atoms with van der Waals surface area (Å²) in [5, 5.41) is 7.90. The van der Waals surface area contributed by atoms with Crippen molar-refractivity contribution in [2.24, 2.45) is 0 Å². The lowest BCUT2D eigenvalue weighted by molar-refractivity contribution is 0.534. The average Bonchev–Trinajstić information content (AvgIpc) is 3.01. The quantitative estimate of drug-likeness (QED) is 0.741. The number of anilines is 1. The molecular formula is C19H22FN5. The molecule has 5 nitrogen and oxygen atoms in total. The Hall–Kier alpha value is -2.76. The van der Waals surface area contributed by atoms with Gasteiger partial charge in [-0.2, -0.15) is 5.10 Å². The van der Waals surface area contributed by atoms with Gasteiger partial charge in [0.2, 0.25) is 5.95 Å². The first kappa shape index (κ1) is 17.1. The predicted molar refractivity (Wildman–Crippen MR) is 97.8 cm³/mol. The van der Waals surface area contributed by atoms with E-state index >= 15 is 0 Å². The van der Waals surface area contributed by atoms with E-state index in [1.165, 1.54) is 12.1 Å². The fraction of sp³-hybridized carbons (Fsp3) is 0.316. The summed E-state index contributed by atoms with van der Waals surface area (Å²) in [4.78, 5) is 8.87. The number of hydrogen-bond donors (Lipinski definition) is 1. The first-order chi connectivity index (χ1) is 11.9. The monoisotopic (exact) mass is 339 g/mol. The lowest BCUT2D eigenvalue weighted by Crippen LogP contribution is -2.12. The van der Waals surface area contributed by atoms with E-state index in [-0.39, 0.29) is 17.9 Å². The van der Waals surface area contributed by atoms with E-state index in [4.69, 9.17) is 5.10 Å². The summed E-state index contributed by atoms with van der Waals surface area (Å²) < 4.78 is 15.2. The molecule has 0 radical (unpaired) electrons. The van der Waals surface area contributed by atoms with Crippen LogP contribution >= 0.6 is 0 Å². The molecule has 25 heavy (non-hydrogen) atoms. The molecule has 2 aromatic heterocycles. The highest BCUT2D eigenvalue weighted by molar-refractivity contribution is 5.78. The summed E-state index contributed by atoms with van der Waals surface area (Å²) in [7, 11) is 0. The number of nitrogens with zero attached hydrogens (tertiary/aromatic N) is 4. The largest absolute Gasteiger partial charge is 0.352 e. The van der Waals surface area contributed by atoms with Crippen molar-refractivity contribution in [3.8, 4) is 22.5 Å². The molecule has 130 valence electrons. The van der Waals surface area contributed by atoms with Gasteiger partial charge in [0.1, 0.15) is 11.5 Å². The van der Waals surface area contributed by atoms with Crippen LogP contribution < -0.4 is 5.32 Å². The zero-order valence-corrected chi connectivity index (χ0v) is 14.9. The molecule has 3 aromatic rings. The van der Waals surface area contributed by atoms with Crippen LogP contribution in [0.2, 0.25) is 0 Å². The molecule has 2 heterocycles. The number of hydrogen-bond acceptors (Lipinski definition) is 4. The van der Waals surface area contributed by atoms with Crippen molar-refractivity contribution in [1.82, 2.24) is 19.7 Å². The Morgan fingerprint density at radius 3 is 2.40 bits per heavy atom. The summed E-state index contributed by atoms with van der Waals surface area (Å²) in [5.74, 6) is 0.314. The van der Waals surface area contributed by atoms with E-state index in [0.29, 0.717) is 5.95 Å². The molecule has 0 saturated heterocycles. The van der Waals surface area contributed by atoms with Gasteiger partial charge in [0, 0.05) is 35.6 Å². The summed E-state index contributed by atoms with van der Waals surface area (Å²) in [6, 6.07) is 8.67. The van der Waals surface area contributed by atoms with Gasteiger partial charge in [-0.1, -0.05) is 0 Å². The SMILES string of the molecule is CC(C)Nc1nccc(-c2cn(C(C)C)nc2-c2ccc(F)cc2)n1. The average molecular weight is 339 g/mol. The number of aromatic nitrogens is 4. The molecule has 0 spiro atoms. The Morgan fingerprint density at radius 1 is 1.04 bits per heavy atom. The lowest BCUT2D eigenvalue weighted by Gasteiger charge is -2.09. The third kappa shape index (κ3) is 3.84. The summed E-state index contributed by atoms with van der Waals surface area (Å²) in [6.45, 7) is 8.21. The second kappa shape index (κ2) is 7.01. The van der Waals surface area contributed by atoms with Gasteiger partial charge in [0.05, 0.1) is 5.69 Å². The van der Waals surface area contributed by atoms with Crippen LogP contribution in [0.15, 0.2) is 42.7 Å². The maximum absolute atomic E-state index is 13.3. The van der Waals surface area contributed by atoms with Crippen LogP contribution in [0.1, 0.15) is 33.7 Å². The minimum Gasteiger partial charge on any atom is -0.352 e. The summed E-state index contributed by atoms with van der Waals surface area (Å²) in [6.07, 6.45) is 3.71. The van der Waals surface area contributed by atoms with Crippen molar-refractivity contribution >= 4 is 5.95 Å². The molecular weight excluding hydrogens is 317 g/mol. The van der Waals surface area contributed by atoms with Gasteiger partial charge in [-0.3, -0.25) is 4.68 Å². The molecule has 1 N–H and O–H groups in total. The predicted octanol–water partition coefficient (Wildman–Crippen LogP) is 4.55. The van der Waals surface area contributed by atoms with Gasteiger partial charge < -0.3 is 5.32 Å². The van der Waals surface area contributed by atoms with Crippen molar-refractivity contribution in [2.75, 3.05) is 5.32 Å². The molecule has 1 aromatic carbocycles. The lowest BCUT2D eigenvalue weighted by atomic mass is 10.1. The Morgan fingerprint density at radius 2 is 1.76 bits per heavy atom. The van der Waals surface area contributed by atoms with E-state index in [9.17, 15) is 4.39 Å². The van der Waals surface area contributed by atoms with Crippen LogP contribution in [0.4, 0.5) is 10.3 Å². The Kier molecular flexibility index (Phi) is 4.79. The molecule has 3 rings (SSSR count). The van der Waals surface area contributed by atoms with Gasteiger partial charge >= 0.3 is 0 Å². The van der Waals surface area contributed by atoms with Crippen molar-refractivity contribution in [3.05, 3.63) is 48.5 Å². The third-order valence-electron chi connectivity index (χ3n) is 3.73. The number of halogens is 1. The van der Waals surface area contributed by atoms with E-state index in [2.05, 4.69) is 29.1 Å². The molecule has 0 unspecified atom stereocenters. The minimum atomic E-state index is -0.265. The van der Waals surface area contributed by atoms with E-state index < -0.39 is 0 Å². The second-order valence-electron chi connectivity index (χ2n) is 6.54. The molecule has 0 aliphatic rings. The minimum absolute atomic E-state index is 0.211. The Bertz CT molecular complexity index is 853. The highest BCUT2D eigenvalue weighted by atomic mass is 19.1. The van der Waals surface area contributed by atoms with Gasteiger partial charge in [-0.25, -0.2) is 14.4 Å². The smallest absolute Gasteiger partial charge is 0.223 e. The van der Waals surface area contributed by atoms with Crippen LogP contribution in [0.3, 0.4) is 0 Å². The van der Waals surface area contributed by atoms with E-state index in [1.807, 2.05) is 30.8 Å². The molecule has 0 fully saturated rings. The van der Waals surface area contributed by atoms with Crippen LogP contribution in [-0.2, 0) is 0 Å². The topological polar surface area (TPSA) is 55.6 Å². The molecule has 0 atom stereocenters. The Balaban J connectivity index is 2.10. The van der Waals surface area contributed by atoms with E-state index in [0.717, 1.165) is 22.5 Å². The standard InChI is InChI=1S/C19H22FN5/c1-12(2)22-19-21-10-9-17(23-19)16-11-25(13(3)4)24-18(16)14-5-7-15(20)8-6-14/h5-13H,1-4H3,(H,21,22,23). The van der Waals surface area contributed by atoms with Crippen molar-refractivity contribution in [3.63, 3.8) is 0 Å². The normalized spacial score (nSPS) is 11.3. The fourth-order valence-electron chi connectivity index (χ4n) is 2.50. The number of benzene rings is 1. The number of rotatable bonds is 5. The summed E-state index contributed by atoms with van der Waals surface area (Å²) in [5.41, 5.74) is 3.31. The number of nitrogens with one attached hydrogen (secondary N) is 1. The van der Waals surface area contributed by atoms with Crippen LogP contribution in [0, 0.1) is 5.82 Å². The van der Waals surface area contributed by atoms with Crippen molar-refractivity contribution in [2.45, 2.75) is 39.8 Å². The molecule has 0 bridgehead atoms. The Labute approximate surface area is 146 Å². The van der Waals surface area contributed by atoms with Crippen molar-refractivity contribution in [1.29, 1.82) is 0 Å². The van der Waals surface area contributed by atoms with Gasteiger partial charge in [0.15, 0.2) is 0 Å². The highest BCUT2D eigenvalue weighted by Gasteiger charge is 2.16. The van der Waals surface area contributed by atoms with E-state index in [1.54, 1.807) is 18.3 Å². The highest BCUT2D eigenvalue weighted by Crippen LogP contribution is 2.31. The van der Waals surface area contributed by atoms with Gasteiger partial charge in [0.25, 0.3) is 0 Å². The van der Waals surface area contributed by atoms with Gasteiger partial charge in [-0.15, -0.1) is 0 Å². The molecule has 0 aliphatic carbocycles. The molecule has 0 amide bonds. The molecule has 6 heteroatoms. The second-order valence-corrected chi connectivity index (χ2v) is 6.54.